The van der Waals surface area contributed by atoms with Gasteiger partial charge in [0.1, 0.15) is 5.75 Å². The topological polar surface area (TPSA) is 93.5 Å². The minimum absolute atomic E-state index is 0.0434. The standard InChI is InChI=1S/C16H19N3O4/c1-9-14(10(2)19(4)18-9)17-15(21)11(3)23-16(22)12-6-5-7-13(20)8-12/h5-8,11,20H,1-4H3,(H,17,21)/t11-/m0/s1. The van der Waals surface area contributed by atoms with E-state index in [4.69, 9.17) is 4.74 Å². The highest BCUT2D eigenvalue weighted by atomic mass is 16.5. The SMILES string of the molecule is Cc1nn(C)c(C)c1NC(=O)[C@H](C)OC(=O)c1cccc(O)c1. The van der Waals surface area contributed by atoms with Gasteiger partial charge in [-0.25, -0.2) is 4.79 Å². The van der Waals surface area contributed by atoms with E-state index in [1.54, 1.807) is 18.7 Å². The van der Waals surface area contributed by atoms with Crippen molar-refractivity contribution in [3.63, 3.8) is 0 Å². The van der Waals surface area contributed by atoms with Crippen LogP contribution in [0.2, 0.25) is 0 Å². The molecule has 2 rings (SSSR count). The number of anilines is 1. The van der Waals surface area contributed by atoms with Crippen LogP contribution in [0, 0.1) is 13.8 Å². The highest BCUT2D eigenvalue weighted by Crippen LogP contribution is 2.19. The summed E-state index contributed by atoms with van der Waals surface area (Å²) in [6, 6.07) is 5.75. The zero-order valence-electron chi connectivity index (χ0n) is 13.5. The highest BCUT2D eigenvalue weighted by molar-refractivity contribution is 5.98. The number of esters is 1. The van der Waals surface area contributed by atoms with Crippen molar-refractivity contribution in [2.24, 2.45) is 7.05 Å². The number of nitrogens with one attached hydrogen (secondary N) is 1. The Balaban J connectivity index is 2.04. The average Bonchev–Trinajstić information content (AvgIpc) is 2.73. The molecule has 0 aliphatic heterocycles. The number of phenols is 1. The Morgan fingerprint density at radius 1 is 1.35 bits per heavy atom. The van der Waals surface area contributed by atoms with E-state index in [9.17, 15) is 14.7 Å². The zero-order chi connectivity index (χ0) is 17.1. The maximum absolute atomic E-state index is 12.2. The van der Waals surface area contributed by atoms with E-state index in [2.05, 4.69) is 10.4 Å². The molecule has 1 heterocycles. The fourth-order valence-electron chi connectivity index (χ4n) is 2.09. The summed E-state index contributed by atoms with van der Waals surface area (Å²) in [4.78, 5) is 24.2. The number of benzene rings is 1. The molecule has 2 aromatic rings. The van der Waals surface area contributed by atoms with Gasteiger partial charge in [0, 0.05) is 7.05 Å². The predicted octanol–water partition coefficient (Wildman–Crippen LogP) is 1.93. The second kappa shape index (κ2) is 6.51. The van der Waals surface area contributed by atoms with Crippen LogP contribution in [0.4, 0.5) is 5.69 Å². The van der Waals surface area contributed by atoms with Gasteiger partial charge < -0.3 is 15.2 Å². The van der Waals surface area contributed by atoms with E-state index in [0.717, 1.165) is 5.69 Å². The number of phenolic OH excluding ortho intramolecular Hbond substituents is 1. The number of amides is 1. The number of hydrogen-bond donors (Lipinski definition) is 2. The van der Waals surface area contributed by atoms with Crippen LogP contribution in [0.15, 0.2) is 24.3 Å². The van der Waals surface area contributed by atoms with E-state index in [1.165, 1.54) is 31.2 Å². The van der Waals surface area contributed by atoms with Crippen LogP contribution >= 0.6 is 0 Å². The molecule has 7 heteroatoms. The smallest absolute Gasteiger partial charge is 0.339 e. The predicted molar refractivity (Wildman–Crippen MR) is 84.3 cm³/mol. The van der Waals surface area contributed by atoms with Crippen molar-refractivity contribution in [3.8, 4) is 5.75 Å². The third-order valence-electron chi connectivity index (χ3n) is 3.49. The Kier molecular flexibility index (Phi) is 4.68. The van der Waals surface area contributed by atoms with Crippen LogP contribution in [0.5, 0.6) is 5.75 Å². The van der Waals surface area contributed by atoms with Crippen molar-refractivity contribution in [2.45, 2.75) is 26.9 Å². The Morgan fingerprint density at radius 2 is 2.04 bits per heavy atom. The van der Waals surface area contributed by atoms with Crippen molar-refractivity contribution >= 4 is 17.6 Å². The Hall–Kier alpha value is -2.83. The first-order valence-corrected chi connectivity index (χ1v) is 7.10. The molecule has 0 radical (unpaired) electrons. The van der Waals surface area contributed by atoms with Gasteiger partial charge in [-0.2, -0.15) is 5.10 Å². The van der Waals surface area contributed by atoms with Gasteiger partial charge in [0.15, 0.2) is 6.10 Å². The molecule has 7 nitrogen and oxygen atoms in total. The Morgan fingerprint density at radius 3 is 2.61 bits per heavy atom. The number of aromatic nitrogens is 2. The molecule has 0 saturated heterocycles. The molecule has 0 bridgehead atoms. The first kappa shape index (κ1) is 16.5. The Labute approximate surface area is 133 Å². The quantitative estimate of drug-likeness (QED) is 0.840. The maximum Gasteiger partial charge on any atom is 0.339 e. The van der Waals surface area contributed by atoms with Gasteiger partial charge in [0.25, 0.3) is 5.91 Å². The minimum atomic E-state index is -0.983. The molecule has 1 amide bonds. The fourth-order valence-corrected chi connectivity index (χ4v) is 2.09. The molecule has 1 aromatic carbocycles. The van der Waals surface area contributed by atoms with Gasteiger partial charge in [-0.1, -0.05) is 6.07 Å². The lowest BCUT2D eigenvalue weighted by Gasteiger charge is -2.14. The molecule has 0 fully saturated rings. The molecule has 0 aliphatic rings. The van der Waals surface area contributed by atoms with E-state index < -0.39 is 18.0 Å². The summed E-state index contributed by atoms with van der Waals surface area (Å²) in [5.74, 6) is -1.17. The second-order valence-corrected chi connectivity index (χ2v) is 5.26. The van der Waals surface area contributed by atoms with Crippen LogP contribution in [0.3, 0.4) is 0 Å². The molecular weight excluding hydrogens is 298 g/mol. The Bertz CT molecular complexity index is 752. The molecule has 0 spiro atoms. The monoisotopic (exact) mass is 317 g/mol. The molecule has 0 saturated carbocycles. The number of carbonyl (C=O) groups is 2. The van der Waals surface area contributed by atoms with Gasteiger partial charge in [-0.3, -0.25) is 9.48 Å². The van der Waals surface area contributed by atoms with Gasteiger partial charge >= 0.3 is 5.97 Å². The number of rotatable bonds is 4. The number of nitrogens with zero attached hydrogens (tertiary/aromatic N) is 2. The number of aromatic hydroxyl groups is 1. The number of ether oxygens (including phenoxy) is 1. The summed E-state index contributed by atoms with van der Waals surface area (Å²) < 4.78 is 6.78. The molecule has 0 aliphatic carbocycles. The van der Waals surface area contributed by atoms with E-state index >= 15 is 0 Å². The third-order valence-corrected chi connectivity index (χ3v) is 3.49. The number of aryl methyl sites for hydroxylation is 2. The maximum atomic E-state index is 12.2. The minimum Gasteiger partial charge on any atom is -0.508 e. The number of carbonyl (C=O) groups excluding carboxylic acids is 2. The first-order chi connectivity index (χ1) is 10.8. The molecule has 122 valence electrons. The lowest BCUT2D eigenvalue weighted by Crippen LogP contribution is -2.30. The van der Waals surface area contributed by atoms with Crippen LogP contribution in [-0.2, 0) is 16.6 Å². The summed E-state index contributed by atoms with van der Waals surface area (Å²) in [6.45, 7) is 5.10. The van der Waals surface area contributed by atoms with Crippen molar-refractivity contribution in [1.82, 2.24) is 9.78 Å². The highest BCUT2D eigenvalue weighted by Gasteiger charge is 2.21. The largest absolute Gasteiger partial charge is 0.508 e. The third kappa shape index (κ3) is 3.68. The molecular formula is C16H19N3O4. The average molecular weight is 317 g/mol. The lowest BCUT2D eigenvalue weighted by molar-refractivity contribution is -0.123. The first-order valence-electron chi connectivity index (χ1n) is 7.10. The van der Waals surface area contributed by atoms with Crippen molar-refractivity contribution in [1.29, 1.82) is 0 Å². The summed E-state index contributed by atoms with van der Waals surface area (Å²) in [5.41, 5.74) is 2.28. The van der Waals surface area contributed by atoms with Crippen molar-refractivity contribution in [2.75, 3.05) is 5.32 Å². The van der Waals surface area contributed by atoms with Crippen molar-refractivity contribution < 1.29 is 19.4 Å². The zero-order valence-corrected chi connectivity index (χ0v) is 13.5. The molecule has 1 aromatic heterocycles. The summed E-state index contributed by atoms with van der Waals surface area (Å²) in [6.07, 6.45) is -0.983. The summed E-state index contributed by atoms with van der Waals surface area (Å²) in [7, 11) is 1.78. The fraction of sp³-hybridized carbons (Fsp3) is 0.312. The van der Waals surface area contributed by atoms with E-state index in [0.29, 0.717) is 11.4 Å². The van der Waals surface area contributed by atoms with Crippen LogP contribution in [0.25, 0.3) is 0 Å². The molecule has 1 atom stereocenters. The van der Waals surface area contributed by atoms with Gasteiger partial charge in [0.05, 0.1) is 22.6 Å². The van der Waals surface area contributed by atoms with E-state index in [1.807, 2.05) is 6.92 Å². The lowest BCUT2D eigenvalue weighted by atomic mass is 10.2. The van der Waals surface area contributed by atoms with Crippen molar-refractivity contribution in [3.05, 3.63) is 41.2 Å². The van der Waals surface area contributed by atoms with Crippen LogP contribution in [-0.4, -0.2) is 32.9 Å². The van der Waals surface area contributed by atoms with Gasteiger partial charge in [-0.05, 0) is 39.0 Å². The number of hydrogen-bond acceptors (Lipinski definition) is 5. The molecule has 23 heavy (non-hydrogen) atoms. The van der Waals surface area contributed by atoms with Crippen LogP contribution in [0.1, 0.15) is 28.7 Å². The van der Waals surface area contributed by atoms with Crippen LogP contribution < -0.4 is 5.32 Å². The molecule has 0 unspecified atom stereocenters. The van der Waals surface area contributed by atoms with Gasteiger partial charge in [-0.15, -0.1) is 0 Å². The summed E-state index contributed by atoms with van der Waals surface area (Å²) in [5, 5.41) is 16.3. The summed E-state index contributed by atoms with van der Waals surface area (Å²) >= 11 is 0. The normalized spacial score (nSPS) is 11.8. The van der Waals surface area contributed by atoms with Gasteiger partial charge in [0.2, 0.25) is 0 Å². The molecule has 2 N–H and O–H groups in total. The van der Waals surface area contributed by atoms with E-state index in [-0.39, 0.29) is 11.3 Å². The second-order valence-electron chi connectivity index (χ2n) is 5.26.